The minimum absolute atomic E-state index is 0.00722. The lowest BCUT2D eigenvalue weighted by Gasteiger charge is -2.22. The van der Waals surface area contributed by atoms with E-state index in [0.717, 1.165) is 9.93 Å². The van der Waals surface area contributed by atoms with Crippen molar-refractivity contribution in [2.45, 2.75) is 35.5 Å². The summed E-state index contributed by atoms with van der Waals surface area (Å²) in [4.78, 5) is 29.4. The number of carbonyl (C=O) groups is 2. The molecule has 1 aromatic heterocycles. The summed E-state index contributed by atoms with van der Waals surface area (Å²) in [6.07, 6.45) is 2.02. The van der Waals surface area contributed by atoms with Gasteiger partial charge in [-0.1, -0.05) is 6.07 Å². The molecule has 0 spiro atoms. The van der Waals surface area contributed by atoms with Crippen LogP contribution in [0.3, 0.4) is 0 Å². The number of hydrogen-bond acceptors (Lipinski definition) is 4. The third kappa shape index (κ3) is 3.68. The summed E-state index contributed by atoms with van der Waals surface area (Å²) in [7, 11) is 0. The molecular formula is C16H18F2N2O3S. The first-order chi connectivity index (χ1) is 11.4. The standard InChI is InChI=1S/C16H18F2N2O3S/c17-16(18)4-6-20(9-16)14(21)11-7-10(8-12(11)15(22)23)24-13-3-1-2-5-19-13/h1-3,5,10-12H,4,6-9H2,(H,22,23)/t10?,11-,12-/m1/s1. The van der Waals surface area contributed by atoms with Gasteiger partial charge in [-0.25, -0.2) is 13.8 Å². The van der Waals surface area contributed by atoms with Crippen molar-refractivity contribution in [3.05, 3.63) is 24.4 Å². The number of halogens is 2. The summed E-state index contributed by atoms with van der Waals surface area (Å²) < 4.78 is 26.7. The molecular weight excluding hydrogens is 338 g/mol. The summed E-state index contributed by atoms with van der Waals surface area (Å²) in [6.45, 7) is -0.612. The number of nitrogens with zero attached hydrogens (tertiary/aromatic N) is 2. The maximum absolute atomic E-state index is 13.3. The van der Waals surface area contributed by atoms with Gasteiger partial charge in [-0.05, 0) is 25.0 Å². The quantitative estimate of drug-likeness (QED) is 0.898. The highest BCUT2D eigenvalue weighted by molar-refractivity contribution is 7.99. The Bertz CT molecular complexity index is 629. The van der Waals surface area contributed by atoms with Gasteiger partial charge in [0.1, 0.15) is 0 Å². The molecule has 1 aromatic rings. The fourth-order valence-electron chi connectivity index (χ4n) is 3.38. The second-order valence-corrected chi connectivity index (χ2v) is 7.62. The first-order valence-corrected chi connectivity index (χ1v) is 8.71. The summed E-state index contributed by atoms with van der Waals surface area (Å²) in [5.41, 5.74) is 0. The Kier molecular flexibility index (Phi) is 4.76. The molecule has 1 unspecified atom stereocenters. The first kappa shape index (κ1) is 17.1. The molecule has 8 heteroatoms. The molecule has 3 atom stereocenters. The number of aromatic nitrogens is 1. The van der Waals surface area contributed by atoms with E-state index in [9.17, 15) is 23.5 Å². The molecule has 0 aromatic carbocycles. The van der Waals surface area contributed by atoms with Crippen LogP contribution in [0.5, 0.6) is 0 Å². The van der Waals surface area contributed by atoms with E-state index in [1.165, 1.54) is 11.8 Å². The number of pyridine rings is 1. The summed E-state index contributed by atoms with van der Waals surface area (Å²) >= 11 is 1.44. The van der Waals surface area contributed by atoms with Crippen LogP contribution in [0.4, 0.5) is 8.78 Å². The maximum atomic E-state index is 13.3. The van der Waals surface area contributed by atoms with Crippen LogP contribution in [-0.4, -0.2) is 51.1 Å². The number of carbonyl (C=O) groups excluding carboxylic acids is 1. The number of aliphatic carboxylic acids is 1. The van der Waals surface area contributed by atoms with Crippen molar-refractivity contribution in [2.75, 3.05) is 13.1 Å². The lowest BCUT2D eigenvalue weighted by Crippen LogP contribution is -2.39. The maximum Gasteiger partial charge on any atom is 0.307 e. The summed E-state index contributed by atoms with van der Waals surface area (Å²) in [5.74, 6) is -5.92. The molecule has 1 aliphatic heterocycles. The van der Waals surface area contributed by atoms with E-state index in [2.05, 4.69) is 4.98 Å². The third-order valence-electron chi connectivity index (χ3n) is 4.56. The smallest absolute Gasteiger partial charge is 0.307 e. The fourth-order valence-corrected chi connectivity index (χ4v) is 4.61. The lowest BCUT2D eigenvalue weighted by molar-refractivity contribution is -0.149. The third-order valence-corrected chi connectivity index (χ3v) is 5.76. The number of likely N-dealkylation sites (tertiary alicyclic amines) is 1. The van der Waals surface area contributed by atoms with Gasteiger partial charge in [0.25, 0.3) is 5.92 Å². The second-order valence-electron chi connectivity index (χ2n) is 6.30. The number of carboxylic acid groups (broad SMARTS) is 1. The van der Waals surface area contributed by atoms with Crippen LogP contribution in [0.2, 0.25) is 0 Å². The van der Waals surface area contributed by atoms with Crippen molar-refractivity contribution >= 4 is 23.6 Å². The molecule has 2 heterocycles. The van der Waals surface area contributed by atoms with Crippen molar-refractivity contribution < 1.29 is 23.5 Å². The molecule has 2 aliphatic rings. The molecule has 1 N–H and O–H groups in total. The Labute approximate surface area is 142 Å². The fraction of sp³-hybridized carbons (Fsp3) is 0.562. The zero-order valence-corrected chi connectivity index (χ0v) is 13.7. The van der Waals surface area contributed by atoms with Crippen LogP contribution in [0.15, 0.2) is 29.4 Å². The van der Waals surface area contributed by atoms with E-state index in [4.69, 9.17) is 0 Å². The van der Waals surface area contributed by atoms with Gasteiger partial charge in [-0.15, -0.1) is 11.8 Å². The highest BCUT2D eigenvalue weighted by Gasteiger charge is 2.48. The van der Waals surface area contributed by atoms with Crippen LogP contribution in [-0.2, 0) is 9.59 Å². The minimum Gasteiger partial charge on any atom is -0.481 e. The first-order valence-electron chi connectivity index (χ1n) is 7.83. The van der Waals surface area contributed by atoms with E-state index in [-0.39, 0.29) is 18.2 Å². The van der Waals surface area contributed by atoms with E-state index in [0.29, 0.717) is 12.8 Å². The normalized spacial score (nSPS) is 28.9. The van der Waals surface area contributed by atoms with E-state index >= 15 is 0 Å². The van der Waals surface area contributed by atoms with Crippen molar-refractivity contribution in [3.63, 3.8) is 0 Å². The van der Waals surface area contributed by atoms with Gasteiger partial charge in [-0.3, -0.25) is 9.59 Å². The molecule has 2 fully saturated rings. The largest absolute Gasteiger partial charge is 0.481 e. The average Bonchev–Trinajstić information content (AvgIpc) is 3.11. The van der Waals surface area contributed by atoms with Crippen LogP contribution >= 0.6 is 11.8 Å². The average molecular weight is 356 g/mol. The Balaban J connectivity index is 1.69. The molecule has 3 rings (SSSR count). The predicted octanol–water partition coefficient (Wildman–Crippen LogP) is 2.52. The molecule has 130 valence electrons. The van der Waals surface area contributed by atoms with Crippen molar-refractivity contribution in [2.24, 2.45) is 11.8 Å². The number of carboxylic acids is 1. The number of alkyl halides is 2. The van der Waals surface area contributed by atoms with Gasteiger partial charge in [0.05, 0.1) is 23.4 Å². The summed E-state index contributed by atoms with van der Waals surface area (Å²) in [6, 6.07) is 5.46. The lowest BCUT2D eigenvalue weighted by atomic mass is 9.95. The van der Waals surface area contributed by atoms with Crippen LogP contribution in [0, 0.1) is 11.8 Å². The van der Waals surface area contributed by atoms with Gasteiger partial charge in [0.15, 0.2) is 0 Å². The highest BCUT2D eigenvalue weighted by Crippen LogP contribution is 2.43. The van der Waals surface area contributed by atoms with Crippen molar-refractivity contribution in [1.29, 1.82) is 0 Å². The predicted molar refractivity (Wildman–Crippen MR) is 83.9 cm³/mol. The van der Waals surface area contributed by atoms with E-state index < -0.39 is 36.2 Å². The zero-order chi connectivity index (χ0) is 17.3. The minimum atomic E-state index is -2.87. The monoisotopic (exact) mass is 356 g/mol. The molecule has 5 nitrogen and oxygen atoms in total. The SMILES string of the molecule is O=C(O)[C@@H]1CC(Sc2ccccn2)C[C@H]1C(=O)N1CCC(F)(F)C1. The van der Waals surface area contributed by atoms with Crippen LogP contribution in [0.25, 0.3) is 0 Å². The topological polar surface area (TPSA) is 70.5 Å². The highest BCUT2D eigenvalue weighted by atomic mass is 32.2. The number of hydrogen-bond donors (Lipinski definition) is 1. The zero-order valence-electron chi connectivity index (χ0n) is 12.9. The number of rotatable bonds is 4. The van der Waals surface area contributed by atoms with Gasteiger partial charge >= 0.3 is 5.97 Å². The van der Waals surface area contributed by atoms with Gasteiger partial charge in [0.2, 0.25) is 5.91 Å². The van der Waals surface area contributed by atoms with E-state index in [1.54, 1.807) is 12.3 Å². The number of amides is 1. The number of thioether (sulfide) groups is 1. The van der Waals surface area contributed by atoms with Crippen LogP contribution in [0.1, 0.15) is 19.3 Å². The van der Waals surface area contributed by atoms with Crippen molar-refractivity contribution in [3.8, 4) is 0 Å². The second kappa shape index (κ2) is 6.66. The molecule has 1 saturated heterocycles. The van der Waals surface area contributed by atoms with E-state index in [1.807, 2.05) is 12.1 Å². The Morgan fingerprint density at radius 3 is 2.62 bits per heavy atom. The molecule has 0 bridgehead atoms. The molecule has 0 radical (unpaired) electrons. The van der Waals surface area contributed by atoms with Gasteiger partial charge in [0, 0.05) is 24.4 Å². The van der Waals surface area contributed by atoms with Crippen molar-refractivity contribution in [1.82, 2.24) is 9.88 Å². The Hall–Kier alpha value is -1.70. The van der Waals surface area contributed by atoms with Crippen LogP contribution < -0.4 is 0 Å². The van der Waals surface area contributed by atoms with Gasteiger partial charge in [-0.2, -0.15) is 0 Å². The molecule has 1 amide bonds. The molecule has 24 heavy (non-hydrogen) atoms. The Morgan fingerprint density at radius 1 is 1.29 bits per heavy atom. The Morgan fingerprint density at radius 2 is 2.04 bits per heavy atom. The van der Waals surface area contributed by atoms with Gasteiger partial charge < -0.3 is 10.0 Å². The molecule has 1 aliphatic carbocycles. The molecule has 1 saturated carbocycles. The summed E-state index contributed by atoms with van der Waals surface area (Å²) in [5, 5.41) is 10.1.